The number of likely N-dealkylation sites (tertiary alicyclic amines) is 1. The first-order valence-electron chi connectivity index (χ1n) is 8.80. The molecule has 0 atom stereocenters. The summed E-state index contributed by atoms with van der Waals surface area (Å²) in [6.45, 7) is 1.56. The van der Waals surface area contributed by atoms with Crippen molar-refractivity contribution in [3.8, 4) is 0 Å². The minimum atomic E-state index is -0.155. The van der Waals surface area contributed by atoms with Gasteiger partial charge in [0.2, 0.25) is 11.8 Å². The molecule has 1 aliphatic heterocycles. The van der Waals surface area contributed by atoms with Crippen LogP contribution in [0.2, 0.25) is 15.1 Å². The lowest BCUT2D eigenvalue weighted by Gasteiger charge is -2.30. The highest BCUT2D eigenvalue weighted by atomic mass is 35.5. The number of amides is 2. The number of nitrogens with one attached hydrogen (secondary N) is 2. The maximum Gasteiger partial charge on any atom is 0.238 e. The Morgan fingerprint density at radius 3 is 2.39 bits per heavy atom. The Labute approximate surface area is 178 Å². The fourth-order valence-corrected chi connectivity index (χ4v) is 3.58. The van der Waals surface area contributed by atoms with Gasteiger partial charge < -0.3 is 10.6 Å². The van der Waals surface area contributed by atoms with Gasteiger partial charge in [0.05, 0.1) is 22.3 Å². The van der Waals surface area contributed by atoms with Gasteiger partial charge in [0, 0.05) is 17.1 Å². The number of hydrogen-bond donors (Lipinski definition) is 2. The molecular weight excluding hydrogens is 423 g/mol. The van der Waals surface area contributed by atoms with E-state index in [1.165, 1.54) is 6.20 Å². The first-order valence-corrected chi connectivity index (χ1v) is 9.94. The van der Waals surface area contributed by atoms with Crippen LogP contribution in [-0.2, 0) is 9.59 Å². The molecule has 0 aliphatic carbocycles. The lowest BCUT2D eigenvalue weighted by atomic mass is 9.96. The second-order valence-corrected chi connectivity index (χ2v) is 7.85. The number of piperidine rings is 1. The van der Waals surface area contributed by atoms with Gasteiger partial charge in [-0.25, -0.2) is 4.98 Å². The van der Waals surface area contributed by atoms with E-state index in [1.54, 1.807) is 30.3 Å². The van der Waals surface area contributed by atoms with E-state index >= 15 is 0 Å². The molecule has 2 heterocycles. The van der Waals surface area contributed by atoms with Crippen LogP contribution in [0.3, 0.4) is 0 Å². The van der Waals surface area contributed by atoms with E-state index in [0.717, 1.165) is 0 Å². The molecule has 1 saturated heterocycles. The minimum Gasteiger partial charge on any atom is -0.324 e. The highest BCUT2D eigenvalue weighted by Crippen LogP contribution is 2.25. The summed E-state index contributed by atoms with van der Waals surface area (Å²) in [5.74, 6) is 0.155. The Balaban J connectivity index is 1.45. The van der Waals surface area contributed by atoms with E-state index in [9.17, 15) is 9.59 Å². The fraction of sp³-hybridized carbons (Fsp3) is 0.316. The van der Waals surface area contributed by atoms with Crippen LogP contribution in [0, 0.1) is 5.92 Å². The number of aromatic nitrogens is 1. The third kappa shape index (κ3) is 5.82. The van der Waals surface area contributed by atoms with E-state index in [2.05, 4.69) is 15.6 Å². The molecule has 1 fully saturated rings. The number of pyridine rings is 1. The summed E-state index contributed by atoms with van der Waals surface area (Å²) in [4.78, 5) is 30.7. The van der Waals surface area contributed by atoms with Crippen LogP contribution in [0.4, 0.5) is 11.5 Å². The molecular formula is C19H19Cl3N4O2. The average molecular weight is 442 g/mol. The Bertz CT molecular complexity index is 853. The van der Waals surface area contributed by atoms with Crippen molar-refractivity contribution in [2.75, 3.05) is 30.3 Å². The zero-order valence-electron chi connectivity index (χ0n) is 14.9. The van der Waals surface area contributed by atoms with Gasteiger partial charge in [-0.3, -0.25) is 14.5 Å². The lowest BCUT2D eigenvalue weighted by Crippen LogP contribution is -2.41. The summed E-state index contributed by atoms with van der Waals surface area (Å²) in [5, 5.41) is 7.02. The second-order valence-electron chi connectivity index (χ2n) is 6.57. The van der Waals surface area contributed by atoms with Crippen molar-refractivity contribution in [1.82, 2.24) is 9.88 Å². The summed E-state index contributed by atoms with van der Waals surface area (Å²) in [6, 6.07) is 8.27. The van der Waals surface area contributed by atoms with Crippen molar-refractivity contribution < 1.29 is 9.59 Å². The highest BCUT2D eigenvalue weighted by Gasteiger charge is 2.26. The molecule has 0 saturated carbocycles. The molecule has 1 aliphatic rings. The molecule has 2 amide bonds. The molecule has 1 aromatic heterocycles. The number of nitrogens with zero attached hydrogens (tertiary/aromatic N) is 2. The van der Waals surface area contributed by atoms with Crippen molar-refractivity contribution in [2.24, 2.45) is 5.92 Å². The van der Waals surface area contributed by atoms with Crippen LogP contribution in [-0.4, -0.2) is 41.3 Å². The number of hydrogen-bond acceptors (Lipinski definition) is 4. The monoisotopic (exact) mass is 440 g/mol. The normalized spacial score (nSPS) is 15.2. The van der Waals surface area contributed by atoms with Gasteiger partial charge >= 0.3 is 0 Å². The second kappa shape index (κ2) is 9.56. The zero-order chi connectivity index (χ0) is 20.1. The van der Waals surface area contributed by atoms with Crippen molar-refractivity contribution >= 4 is 58.1 Å². The van der Waals surface area contributed by atoms with Crippen molar-refractivity contribution in [2.45, 2.75) is 12.8 Å². The molecule has 9 heteroatoms. The third-order valence-electron chi connectivity index (χ3n) is 4.51. The van der Waals surface area contributed by atoms with Gasteiger partial charge in [0.25, 0.3) is 0 Å². The Morgan fingerprint density at radius 1 is 1.04 bits per heavy atom. The Hall–Kier alpha value is -1.86. The van der Waals surface area contributed by atoms with E-state index in [4.69, 9.17) is 34.8 Å². The first-order chi connectivity index (χ1) is 13.4. The molecule has 0 spiro atoms. The van der Waals surface area contributed by atoms with Crippen molar-refractivity contribution in [1.29, 1.82) is 0 Å². The Morgan fingerprint density at radius 2 is 1.75 bits per heavy atom. The van der Waals surface area contributed by atoms with Crippen LogP contribution in [0.1, 0.15) is 12.8 Å². The molecule has 0 bridgehead atoms. The van der Waals surface area contributed by atoms with Gasteiger partial charge in [-0.15, -0.1) is 0 Å². The maximum absolute atomic E-state index is 12.4. The third-order valence-corrected chi connectivity index (χ3v) is 5.28. The van der Waals surface area contributed by atoms with Crippen LogP contribution in [0.5, 0.6) is 0 Å². The highest BCUT2D eigenvalue weighted by molar-refractivity contribution is 6.36. The van der Waals surface area contributed by atoms with E-state index in [0.29, 0.717) is 52.5 Å². The lowest BCUT2D eigenvalue weighted by molar-refractivity contribution is -0.121. The number of benzene rings is 1. The SMILES string of the molecule is O=C(CN1CCC(C(=O)Nc2ccc(Cl)cn2)CC1)Nc1ccc(Cl)cc1Cl. The van der Waals surface area contributed by atoms with Gasteiger partial charge in [0.1, 0.15) is 5.82 Å². The molecule has 1 aromatic carbocycles. The summed E-state index contributed by atoms with van der Waals surface area (Å²) in [5.41, 5.74) is 0.529. The number of anilines is 2. The molecule has 2 N–H and O–H groups in total. The van der Waals surface area contributed by atoms with Crippen LogP contribution >= 0.6 is 34.8 Å². The van der Waals surface area contributed by atoms with E-state index < -0.39 is 0 Å². The fourth-order valence-electron chi connectivity index (χ4n) is 3.01. The van der Waals surface area contributed by atoms with Crippen LogP contribution < -0.4 is 10.6 Å². The average Bonchev–Trinajstić information content (AvgIpc) is 2.66. The summed E-state index contributed by atoms with van der Waals surface area (Å²) in [6.07, 6.45) is 2.84. The topological polar surface area (TPSA) is 74.3 Å². The van der Waals surface area contributed by atoms with E-state index in [-0.39, 0.29) is 24.3 Å². The smallest absolute Gasteiger partial charge is 0.238 e. The molecule has 148 valence electrons. The van der Waals surface area contributed by atoms with Crippen LogP contribution in [0.15, 0.2) is 36.5 Å². The molecule has 28 heavy (non-hydrogen) atoms. The Kier molecular flexibility index (Phi) is 7.13. The predicted octanol–water partition coefficient (Wildman–Crippen LogP) is 4.33. The first kappa shape index (κ1) is 20.9. The molecule has 6 nitrogen and oxygen atoms in total. The van der Waals surface area contributed by atoms with E-state index in [1.807, 2.05) is 4.90 Å². The largest absolute Gasteiger partial charge is 0.324 e. The molecule has 3 rings (SSSR count). The maximum atomic E-state index is 12.4. The van der Waals surface area contributed by atoms with Gasteiger partial charge in [0.15, 0.2) is 0 Å². The standard InChI is InChI=1S/C19H19Cl3N4O2/c20-13-1-3-16(15(22)9-13)24-18(27)11-26-7-5-12(6-8-26)19(28)25-17-4-2-14(21)10-23-17/h1-4,9-10,12H,5-8,11H2,(H,24,27)(H,23,25,28). The summed E-state index contributed by atoms with van der Waals surface area (Å²) >= 11 is 17.7. The van der Waals surface area contributed by atoms with Gasteiger partial charge in [-0.2, -0.15) is 0 Å². The van der Waals surface area contributed by atoms with Crippen molar-refractivity contribution in [3.63, 3.8) is 0 Å². The van der Waals surface area contributed by atoms with Gasteiger partial charge in [-0.05, 0) is 56.3 Å². The van der Waals surface area contributed by atoms with Gasteiger partial charge in [-0.1, -0.05) is 34.8 Å². The van der Waals surface area contributed by atoms with Crippen molar-refractivity contribution in [3.05, 3.63) is 51.6 Å². The predicted molar refractivity (Wildman–Crippen MR) is 112 cm³/mol. The zero-order valence-corrected chi connectivity index (χ0v) is 17.2. The number of halogens is 3. The summed E-state index contributed by atoms with van der Waals surface area (Å²) < 4.78 is 0. The minimum absolute atomic E-state index is 0.0631. The van der Waals surface area contributed by atoms with Crippen LogP contribution in [0.25, 0.3) is 0 Å². The molecule has 0 unspecified atom stereocenters. The molecule has 2 aromatic rings. The number of rotatable bonds is 5. The molecule has 0 radical (unpaired) electrons. The summed E-state index contributed by atoms with van der Waals surface area (Å²) in [7, 11) is 0. The quantitative estimate of drug-likeness (QED) is 0.724. The number of carbonyl (C=O) groups excluding carboxylic acids is 2. The number of carbonyl (C=O) groups is 2.